The van der Waals surface area contributed by atoms with Gasteiger partial charge in [-0.15, -0.1) is 0 Å². The van der Waals surface area contributed by atoms with E-state index in [0.29, 0.717) is 12.0 Å². The molecule has 13 heavy (non-hydrogen) atoms. The molecule has 0 aliphatic carbocycles. The second-order valence-corrected chi connectivity index (χ2v) is 5.03. The van der Waals surface area contributed by atoms with E-state index in [4.69, 9.17) is 9.84 Å². The fraction of sp³-hybridized carbons (Fsp3) is 1.00. The lowest BCUT2D eigenvalue weighted by Gasteiger charge is -2.17. The minimum absolute atomic E-state index is 0.221. The van der Waals surface area contributed by atoms with Crippen LogP contribution in [0, 0.1) is 11.3 Å². The van der Waals surface area contributed by atoms with Crippen molar-refractivity contribution in [3.8, 4) is 0 Å². The van der Waals surface area contributed by atoms with Crippen LogP contribution < -0.4 is 0 Å². The molecule has 0 spiro atoms. The fourth-order valence-corrected chi connectivity index (χ4v) is 1.04. The van der Waals surface area contributed by atoms with Gasteiger partial charge in [-0.3, -0.25) is 0 Å². The highest BCUT2D eigenvalue weighted by atomic mass is 16.5. The van der Waals surface area contributed by atoms with Crippen LogP contribution in [0.5, 0.6) is 0 Å². The van der Waals surface area contributed by atoms with Crippen molar-refractivity contribution in [2.45, 2.75) is 40.5 Å². The highest BCUT2D eigenvalue weighted by molar-refractivity contribution is 4.60. The van der Waals surface area contributed by atoms with Crippen molar-refractivity contribution in [2.75, 3.05) is 19.8 Å². The molecule has 0 aromatic carbocycles. The summed E-state index contributed by atoms with van der Waals surface area (Å²) in [5.74, 6) is 0.273. The largest absolute Gasteiger partial charge is 0.396 e. The Balaban J connectivity index is 3.18. The van der Waals surface area contributed by atoms with Gasteiger partial charge in [0.25, 0.3) is 0 Å². The lowest BCUT2D eigenvalue weighted by atomic mass is 9.91. The summed E-state index contributed by atoms with van der Waals surface area (Å²) in [6, 6.07) is 0. The Hall–Kier alpha value is -0.0800. The van der Waals surface area contributed by atoms with Gasteiger partial charge in [0.1, 0.15) is 0 Å². The van der Waals surface area contributed by atoms with Gasteiger partial charge in [-0.2, -0.15) is 0 Å². The molecule has 1 unspecified atom stereocenters. The Bertz CT molecular complexity index is 116. The summed E-state index contributed by atoms with van der Waals surface area (Å²) in [7, 11) is 0. The van der Waals surface area contributed by atoms with Crippen LogP contribution in [0.25, 0.3) is 0 Å². The summed E-state index contributed by atoms with van der Waals surface area (Å²) in [6.45, 7) is 10.4. The summed E-state index contributed by atoms with van der Waals surface area (Å²) in [6.07, 6.45) is 2.31. The number of aliphatic hydroxyl groups is 1. The van der Waals surface area contributed by atoms with Crippen molar-refractivity contribution < 1.29 is 9.84 Å². The second-order valence-electron chi connectivity index (χ2n) is 5.03. The molecule has 0 aliphatic rings. The lowest BCUT2D eigenvalue weighted by molar-refractivity contribution is 0.0737. The number of rotatable bonds is 6. The maximum Gasteiger partial charge on any atom is 0.0513 e. The molecule has 1 atom stereocenters. The zero-order valence-electron chi connectivity index (χ0n) is 9.47. The summed E-state index contributed by atoms with van der Waals surface area (Å²) in [5, 5.41) is 8.74. The smallest absolute Gasteiger partial charge is 0.0513 e. The molecule has 80 valence electrons. The number of ether oxygens (including phenoxy) is 1. The summed E-state index contributed by atoms with van der Waals surface area (Å²) in [5.41, 5.74) is 0.409. The molecule has 0 heterocycles. The monoisotopic (exact) mass is 188 g/mol. The Labute approximate surface area is 82.3 Å². The highest BCUT2D eigenvalue weighted by Gasteiger charge is 2.09. The zero-order chi connectivity index (χ0) is 10.3. The molecule has 0 aromatic heterocycles. The zero-order valence-corrected chi connectivity index (χ0v) is 9.47. The van der Waals surface area contributed by atoms with E-state index in [-0.39, 0.29) is 12.5 Å². The van der Waals surface area contributed by atoms with Crippen LogP contribution in [0.3, 0.4) is 0 Å². The first-order valence-corrected chi connectivity index (χ1v) is 5.14. The molecule has 2 heteroatoms. The Morgan fingerprint density at radius 2 is 1.92 bits per heavy atom. The van der Waals surface area contributed by atoms with E-state index in [1.54, 1.807) is 0 Å². The molecular weight excluding hydrogens is 164 g/mol. The third-order valence-electron chi connectivity index (χ3n) is 1.93. The maximum absolute atomic E-state index is 8.74. The van der Waals surface area contributed by atoms with Gasteiger partial charge in [0.05, 0.1) is 6.61 Å². The van der Waals surface area contributed by atoms with Gasteiger partial charge in [-0.1, -0.05) is 27.7 Å². The fourth-order valence-electron chi connectivity index (χ4n) is 1.04. The predicted octanol–water partition coefficient (Wildman–Crippen LogP) is 2.46. The molecule has 2 nitrogen and oxygen atoms in total. The van der Waals surface area contributed by atoms with Crippen molar-refractivity contribution in [2.24, 2.45) is 11.3 Å². The van der Waals surface area contributed by atoms with E-state index >= 15 is 0 Å². The van der Waals surface area contributed by atoms with Crippen LogP contribution in [0.2, 0.25) is 0 Å². The van der Waals surface area contributed by atoms with Gasteiger partial charge >= 0.3 is 0 Å². The van der Waals surface area contributed by atoms with Crippen molar-refractivity contribution in [3.05, 3.63) is 0 Å². The first kappa shape index (κ1) is 12.9. The van der Waals surface area contributed by atoms with Crippen molar-refractivity contribution >= 4 is 0 Å². The van der Waals surface area contributed by atoms with Crippen LogP contribution in [0.15, 0.2) is 0 Å². The predicted molar refractivity (Wildman–Crippen MR) is 55.8 cm³/mol. The van der Waals surface area contributed by atoms with Gasteiger partial charge in [0.2, 0.25) is 0 Å². The molecule has 0 amide bonds. The van der Waals surface area contributed by atoms with Gasteiger partial charge < -0.3 is 9.84 Å². The average molecular weight is 188 g/mol. The molecule has 0 bridgehead atoms. The van der Waals surface area contributed by atoms with E-state index in [1.807, 2.05) is 6.92 Å². The van der Waals surface area contributed by atoms with Crippen LogP contribution in [0.1, 0.15) is 40.5 Å². The van der Waals surface area contributed by atoms with Gasteiger partial charge in [-0.05, 0) is 18.3 Å². The third-order valence-corrected chi connectivity index (χ3v) is 1.93. The average Bonchev–Trinajstić information content (AvgIpc) is 2.01. The van der Waals surface area contributed by atoms with Gasteiger partial charge in [-0.25, -0.2) is 0 Å². The number of hydrogen-bond donors (Lipinski definition) is 1. The number of hydrogen-bond acceptors (Lipinski definition) is 2. The lowest BCUT2D eigenvalue weighted by Crippen LogP contribution is -2.12. The molecule has 0 fully saturated rings. The van der Waals surface area contributed by atoms with E-state index < -0.39 is 0 Å². The highest BCUT2D eigenvalue weighted by Crippen LogP contribution is 2.20. The first-order chi connectivity index (χ1) is 5.95. The van der Waals surface area contributed by atoms with Crippen LogP contribution in [-0.2, 0) is 4.74 Å². The normalized spacial score (nSPS) is 14.5. The molecule has 0 radical (unpaired) electrons. The number of aliphatic hydroxyl groups excluding tert-OH is 1. The Kier molecular flexibility index (Phi) is 6.35. The second kappa shape index (κ2) is 6.39. The van der Waals surface area contributed by atoms with E-state index in [2.05, 4.69) is 20.8 Å². The molecule has 0 saturated heterocycles. The van der Waals surface area contributed by atoms with Crippen molar-refractivity contribution in [1.82, 2.24) is 0 Å². The van der Waals surface area contributed by atoms with Crippen LogP contribution in [0.4, 0.5) is 0 Å². The van der Waals surface area contributed by atoms with E-state index in [0.717, 1.165) is 13.0 Å². The van der Waals surface area contributed by atoms with Crippen LogP contribution in [-0.4, -0.2) is 24.9 Å². The molecule has 0 aliphatic heterocycles. The first-order valence-electron chi connectivity index (χ1n) is 5.14. The summed E-state index contributed by atoms with van der Waals surface area (Å²) < 4.78 is 5.42. The van der Waals surface area contributed by atoms with E-state index in [9.17, 15) is 0 Å². The molecule has 0 aromatic rings. The van der Waals surface area contributed by atoms with Gasteiger partial charge in [0, 0.05) is 19.1 Å². The Morgan fingerprint density at radius 3 is 2.38 bits per heavy atom. The summed E-state index contributed by atoms with van der Waals surface area (Å²) >= 11 is 0. The third kappa shape index (κ3) is 9.84. The van der Waals surface area contributed by atoms with Gasteiger partial charge in [0.15, 0.2) is 0 Å². The summed E-state index contributed by atoms with van der Waals surface area (Å²) in [4.78, 5) is 0. The van der Waals surface area contributed by atoms with Crippen molar-refractivity contribution in [3.63, 3.8) is 0 Å². The maximum atomic E-state index is 8.74. The standard InChI is InChI=1S/C11H24O2/c1-10(8-12)9-13-7-5-6-11(2,3)4/h10,12H,5-9H2,1-4H3. The molecular formula is C11H24O2. The molecule has 0 rings (SSSR count). The van der Waals surface area contributed by atoms with E-state index in [1.165, 1.54) is 6.42 Å². The quantitative estimate of drug-likeness (QED) is 0.649. The SMILES string of the molecule is CC(CO)COCCCC(C)(C)C. The minimum Gasteiger partial charge on any atom is -0.396 e. The topological polar surface area (TPSA) is 29.5 Å². The van der Waals surface area contributed by atoms with Crippen LogP contribution >= 0.6 is 0 Å². The Morgan fingerprint density at radius 1 is 1.31 bits per heavy atom. The molecule has 1 N–H and O–H groups in total. The van der Waals surface area contributed by atoms with Crippen molar-refractivity contribution in [1.29, 1.82) is 0 Å². The minimum atomic E-state index is 0.221. The molecule has 0 saturated carbocycles.